The van der Waals surface area contributed by atoms with Gasteiger partial charge in [0.25, 0.3) is 0 Å². The highest BCUT2D eigenvalue weighted by molar-refractivity contribution is 6.32. The maximum atomic E-state index is 14.6. The number of hydrogen-bond donors (Lipinski definition) is 2. The van der Waals surface area contributed by atoms with Gasteiger partial charge in [0.15, 0.2) is 0 Å². The largest absolute Gasteiger partial charge is 0.481 e. The fourth-order valence-corrected chi connectivity index (χ4v) is 6.77. The second-order valence-electron chi connectivity index (χ2n) is 13.3. The van der Waals surface area contributed by atoms with E-state index in [0.717, 1.165) is 11.1 Å². The number of aliphatic carboxylic acids is 1. The van der Waals surface area contributed by atoms with Crippen molar-refractivity contribution in [3.05, 3.63) is 120 Å². The van der Waals surface area contributed by atoms with E-state index in [-0.39, 0.29) is 19.7 Å². The summed E-state index contributed by atoms with van der Waals surface area (Å²) in [5, 5.41) is 12.9. The molecule has 12 nitrogen and oxygen atoms in total. The van der Waals surface area contributed by atoms with Crippen molar-refractivity contribution in [1.29, 1.82) is 0 Å². The van der Waals surface area contributed by atoms with Crippen molar-refractivity contribution in [3.63, 3.8) is 0 Å². The first-order valence-electron chi connectivity index (χ1n) is 18.5. The van der Waals surface area contributed by atoms with Crippen molar-refractivity contribution in [2.24, 2.45) is 17.8 Å². The minimum Gasteiger partial charge on any atom is -0.481 e. The summed E-state index contributed by atoms with van der Waals surface area (Å²) in [6.07, 6.45) is 1.14. The zero-order valence-corrected chi connectivity index (χ0v) is 31.3. The number of esters is 1. The molecule has 0 spiro atoms. The lowest BCUT2D eigenvalue weighted by molar-refractivity contribution is -0.175. The van der Waals surface area contributed by atoms with Crippen LogP contribution in [-0.4, -0.2) is 70.3 Å². The summed E-state index contributed by atoms with van der Waals surface area (Å²) < 4.78 is 16.7. The first-order valence-corrected chi connectivity index (χ1v) is 18.5. The van der Waals surface area contributed by atoms with Crippen LogP contribution >= 0.6 is 0 Å². The summed E-state index contributed by atoms with van der Waals surface area (Å²) in [6, 6.07) is 31.8. The Kier molecular flexibility index (Phi) is 14.0. The quantitative estimate of drug-likeness (QED) is 0.0918. The summed E-state index contributed by atoms with van der Waals surface area (Å²) in [7, 11) is 0. The van der Waals surface area contributed by atoms with Crippen LogP contribution in [0.25, 0.3) is 0 Å². The molecule has 1 saturated carbocycles. The highest BCUT2D eigenvalue weighted by Gasteiger charge is 2.62. The third-order valence-corrected chi connectivity index (χ3v) is 9.32. The molecule has 5 rings (SSSR count). The van der Waals surface area contributed by atoms with Gasteiger partial charge in [-0.25, -0.2) is 4.79 Å². The fourth-order valence-electron chi connectivity index (χ4n) is 6.77. The monoisotopic (exact) mass is 749 g/mol. The van der Waals surface area contributed by atoms with E-state index in [9.17, 15) is 29.1 Å². The number of carboxylic acid groups (broad SMARTS) is 1. The first-order chi connectivity index (χ1) is 26.6. The lowest BCUT2D eigenvalue weighted by Crippen LogP contribution is -2.70. The normalized spacial score (nSPS) is 17.2. The SMILES string of the molecule is CCCN(Cc1ccc(Oc2ccccc2)cc1)C(=O)C1C(NC(=O)C(=O)OCC)C(C(=O)O)C1C(=O)N(CCC)Cc1ccc(Oc2ccccc2)cc1. The van der Waals surface area contributed by atoms with Gasteiger partial charge in [0.05, 0.1) is 30.4 Å². The predicted molar refractivity (Wildman–Crippen MR) is 204 cm³/mol. The molecule has 0 radical (unpaired) electrons. The van der Waals surface area contributed by atoms with Crippen molar-refractivity contribution in [2.75, 3.05) is 19.7 Å². The van der Waals surface area contributed by atoms with Gasteiger partial charge in [-0.3, -0.25) is 19.2 Å². The molecule has 0 aromatic heterocycles. The Hall–Kier alpha value is -6.17. The number of hydrogen-bond acceptors (Lipinski definition) is 8. The minimum atomic E-state index is -1.47. The molecule has 55 heavy (non-hydrogen) atoms. The maximum absolute atomic E-state index is 14.6. The average molecular weight is 750 g/mol. The van der Waals surface area contributed by atoms with Crippen molar-refractivity contribution < 1.29 is 43.3 Å². The average Bonchev–Trinajstić information content (AvgIpc) is 3.17. The number of benzene rings is 4. The number of rotatable bonds is 17. The summed E-state index contributed by atoms with van der Waals surface area (Å²) in [5.41, 5.74) is 1.55. The zero-order chi connectivity index (χ0) is 39.3. The van der Waals surface area contributed by atoms with E-state index in [2.05, 4.69) is 5.32 Å². The molecule has 3 amide bonds. The van der Waals surface area contributed by atoms with Crippen LogP contribution in [0, 0.1) is 17.8 Å². The molecule has 4 unspecified atom stereocenters. The van der Waals surface area contributed by atoms with Gasteiger partial charge in [0.1, 0.15) is 23.0 Å². The smallest absolute Gasteiger partial charge is 0.396 e. The molecular formula is C43H47N3O9. The van der Waals surface area contributed by atoms with E-state index in [1.807, 2.05) is 98.8 Å². The third kappa shape index (κ3) is 10.3. The van der Waals surface area contributed by atoms with Gasteiger partial charge in [0, 0.05) is 26.2 Å². The summed E-state index contributed by atoms with van der Waals surface area (Å²) in [5.74, 6) is -6.28. The molecule has 0 aliphatic heterocycles. The van der Waals surface area contributed by atoms with E-state index in [4.69, 9.17) is 14.2 Å². The van der Waals surface area contributed by atoms with Gasteiger partial charge in [-0.15, -0.1) is 0 Å². The standard InChI is InChI=1S/C43H47N3O9/c1-4-25-45(27-29-17-21-33(22-18-29)54-31-13-9-7-10-14-31)40(48)35-36(38(37(35)42(50)51)44-39(47)43(52)53-6-3)41(49)46(26-5-2)28-30-19-23-34(24-20-30)55-32-15-11-8-12-16-32/h7-24,35-38H,4-6,25-28H2,1-3H3,(H,44,47)(H,50,51). The first kappa shape index (κ1) is 40.0. The molecule has 12 heteroatoms. The fraction of sp³-hybridized carbons (Fsp3) is 0.326. The molecule has 4 aromatic carbocycles. The van der Waals surface area contributed by atoms with Gasteiger partial charge in [-0.05, 0) is 79.4 Å². The molecule has 1 aliphatic carbocycles. The van der Waals surface area contributed by atoms with Gasteiger partial charge in [-0.2, -0.15) is 0 Å². The van der Waals surface area contributed by atoms with Gasteiger partial charge < -0.3 is 34.4 Å². The molecule has 2 N–H and O–H groups in total. The number of para-hydroxylation sites is 2. The van der Waals surface area contributed by atoms with Gasteiger partial charge in [0.2, 0.25) is 11.8 Å². The van der Waals surface area contributed by atoms with E-state index in [0.29, 0.717) is 48.9 Å². The second-order valence-corrected chi connectivity index (χ2v) is 13.3. The van der Waals surface area contributed by atoms with Crippen molar-refractivity contribution in [3.8, 4) is 23.0 Å². The van der Waals surface area contributed by atoms with Crippen LogP contribution in [0.15, 0.2) is 109 Å². The Morgan fingerprint density at radius 2 is 1.00 bits per heavy atom. The number of ether oxygens (including phenoxy) is 3. The van der Waals surface area contributed by atoms with Crippen molar-refractivity contribution >= 4 is 29.7 Å². The van der Waals surface area contributed by atoms with E-state index in [1.54, 1.807) is 34.1 Å². The second kappa shape index (κ2) is 19.2. The van der Waals surface area contributed by atoms with Gasteiger partial charge in [-0.1, -0.05) is 74.5 Å². The number of carbonyl (C=O) groups excluding carboxylic acids is 4. The van der Waals surface area contributed by atoms with Crippen LogP contribution in [0.5, 0.6) is 23.0 Å². The molecule has 4 aromatic rings. The van der Waals surface area contributed by atoms with Crippen LogP contribution in [0.1, 0.15) is 44.7 Å². The van der Waals surface area contributed by atoms with E-state index in [1.165, 1.54) is 6.92 Å². The summed E-state index contributed by atoms with van der Waals surface area (Å²) in [4.78, 5) is 70.3. The lowest BCUT2D eigenvalue weighted by Gasteiger charge is -2.50. The Morgan fingerprint density at radius 1 is 0.582 bits per heavy atom. The van der Waals surface area contributed by atoms with Crippen LogP contribution in [0.4, 0.5) is 0 Å². The highest BCUT2D eigenvalue weighted by Crippen LogP contribution is 2.44. The summed E-state index contributed by atoms with van der Waals surface area (Å²) in [6.45, 7) is 6.15. The molecule has 288 valence electrons. The van der Waals surface area contributed by atoms with E-state index < -0.39 is 53.5 Å². The van der Waals surface area contributed by atoms with Crippen LogP contribution in [-0.2, 0) is 41.8 Å². The molecule has 0 saturated heterocycles. The molecular weight excluding hydrogens is 702 g/mol. The lowest BCUT2D eigenvalue weighted by atomic mass is 9.59. The van der Waals surface area contributed by atoms with Crippen LogP contribution < -0.4 is 14.8 Å². The Bertz CT molecular complexity index is 1900. The number of amides is 3. The molecule has 4 atom stereocenters. The van der Waals surface area contributed by atoms with Gasteiger partial charge >= 0.3 is 17.8 Å². The Balaban J connectivity index is 1.40. The van der Waals surface area contributed by atoms with E-state index >= 15 is 0 Å². The number of nitrogens with zero attached hydrogens (tertiary/aromatic N) is 2. The maximum Gasteiger partial charge on any atom is 0.396 e. The Morgan fingerprint density at radius 3 is 1.40 bits per heavy atom. The molecule has 0 heterocycles. The number of nitrogens with one attached hydrogen (secondary N) is 1. The number of carboxylic acids is 1. The van der Waals surface area contributed by atoms with Crippen molar-refractivity contribution in [1.82, 2.24) is 15.1 Å². The third-order valence-electron chi connectivity index (χ3n) is 9.32. The van der Waals surface area contributed by atoms with Crippen LogP contribution in [0.2, 0.25) is 0 Å². The molecule has 1 fully saturated rings. The van der Waals surface area contributed by atoms with Crippen molar-refractivity contribution in [2.45, 2.75) is 52.7 Å². The summed E-state index contributed by atoms with van der Waals surface area (Å²) >= 11 is 0. The minimum absolute atomic E-state index is 0.0759. The zero-order valence-electron chi connectivity index (χ0n) is 31.3. The predicted octanol–water partition coefficient (Wildman–Crippen LogP) is 6.44. The molecule has 1 aliphatic rings. The topological polar surface area (TPSA) is 152 Å². The molecule has 0 bridgehead atoms. The Labute approximate surface area is 321 Å². The van der Waals surface area contributed by atoms with Crippen LogP contribution in [0.3, 0.4) is 0 Å². The highest BCUT2D eigenvalue weighted by atomic mass is 16.5. The number of carbonyl (C=O) groups is 5.